The van der Waals surface area contributed by atoms with Gasteiger partial charge in [0.2, 0.25) is 0 Å². The minimum absolute atomic E-state index is 0.539. The summed E-state index contributed by atoms with van der Waals surface area (Å²) in [4.78, 5) is 7.31. The molecule has 0 spiro atoms. The standard InChI is InChI=1S/C19H34N4O2/c1-3-10-23-11-8-17(15-23)14-22-19(20-4-2)21-9-6-12-24-16-18-7-5-13-25-18/h5,7,13,17H,3-4,6,8-12,14-16H2,1-2H3,(H2,20,21,22). The van der Waals surface area contributed by atoms with Crippen LogP contribution in [0.2, 0.25) is 0 Å². The summed E-state index contributed by atoms with van der Waals surface area (Å²) in [5, 5.41) is 6.72. The van der Waals surface area contributed by atoms with Crippen molar-refractivity contribution in [3.05, 3.63) is 24.2 Å². The van der Waals surface area contributed by atoms with Crippen LogP contribution < -0.4 is 10.6 Å². The molecule has 1 aromatic heterocycles. The molecule has 0 radical (unpaired) electrons. The Balaban J connectivity index is 1.59. The van der Waals surface area contributed by atoms with E-state index in [4.69, 9.17) is 14.1 Å². The Labute approximate surface area is 152 Å². The molecule has 0 bridgehead atoms. The van der Waals surface area contributed by atoms with Crippen molar-refractivity contribution in [1.82, 2.24) is 15.5 Å². The average molecular weight is 351 g/mol. The van der Waals surface area contributed by atoms with Gasteiger partial charge in [-0.1, -0.05) is 6.92 Å². The summed E-state index contributed by atoms with van der Waals surface area (Å²) in [7, 11) is 0. The number of furan rings is 1. The number of guanidine groups is 1. The molecule has 6 nitrogen and oxygen atoms in total. The van der Waals surface area contributed by atoms with E-state index < -0.39 is 0 Å². The largest absolute Gasteiger partial charge is 0.467 e. The highest BCUT2D eigenvalue weighted by atomic mass is 16.5. The Hall–Kier alpha value is -1.53. The van der Waals surface area contributed by atoms with Gasteiger partial charge in [0.05, 0.1) is 6.26 Å². The summed E-state index contributed by atoms with van der Waals surface area (Å²) < 4.78 is 10.8. The van der Waals surface area contributed by atoms with Crippen molar-refractivity contribution in [3.8, 4) is 0 Å². The molecule has 1 aliphatic rings. The second kappa shape index (κ2) is 11.9. The number of likely N-dealkylation sites (tertiary alicyclic amines) is 1. The van der Waals surface area contributed by atoms with Crippen LogP contribution in [0.25, 0.3) is 0 Å². The van der Waals surface area contributed by atoms with Gasteiger partial charge < -0.3 is 24.7 Å². The van der Waals surface area contributed by atoms with Crippen molar-refractivity contribution in [3.63, 3.8) is 0 Å². The molecule has 25 heavy (non-hydrogen) atoms. The minimum Gasteiger partial charge on any atom is -0.467 e. The van der Waals surface area contributed by atoms with E-state index in [1.54, 1.807) is 6.26 Å². The summed E-state index contributed by atoms with van der Waals surface area (Å²) in [5.74, 6) is 2.48. The molecule has 142 valence electrons. The van der Waals surface area contributed by atoms with Gasteiger partial charge in [-0.05, 0) is 57.3 Å². The average Bonchev–Trinajstić information content (AvgIpc) is 3.28. The van der Waals surface area contributed by atoms with Gasteiger partial charge in [0, 0.05) is 32.8 Å². The molecule has 1 aromatic rings. The summed E-state index contributed by atoms with van der Waals surface area (Å²) in [6.45, 7) is 11.9. The molecule has 1 saturated heterocycles. The number of nitrogens with one attached hydrogen (secondary N) is 2. The molecule has 1 atom stereocenters. The van der Waals surface area contributed by atoms with Gasteiger partial charge in [-0.2, -0.15) is 0 Å². The van der Waals surface area contributed by atoms with E-state index in [1.807, 2.05) is 12.1 Å². The van der Waals surface area contributed by atoms with Crippen LogP contribution in [0.4, 0.5) is 0 Å². The second-order valence-corrected chi connectivity index (χ2v) is 6.59. The van der Waals surface area contributed by atoms with Crippen LogP contribution in [0.5, 0.6) is 0 Å². The van der Waals surface area contributed by atoms with Gasteiger partial charge in [-0.3, -0.25) is 4.99 Å². The third kappa shape index (κ3) is 7.92. The van der Waals surface area contributed by atoms with E-state index in [0.717, 1.165) is 37.8 Å². The highest BCUT2D eigenvalue weighted by Gasteiger charge is 2.21. The molecule has 0 aromatic carbocycles. The van der Waals surface area contributed by atoms with Crippen molar-refractivity contribution < 1.29 is 9.15 Å². The fraction of sp³-hybridized carbons (Fsp3) is 0.737. The molecule has 2 rings (SSSR count). The first-order valence-electron chi connectivity index (χ1n) is 9.66. The van der Waals surface area contributed by atoms with Crippen LogP contribution >= 0.6 is 0 Å². The molecular formula is C19H34N4O2. The molecule has 6 heteroatoms. The van der Waals surface area contributed by atoms with E-state index in [1.165, 1.54) is 32.5 Å². The Kier molecular flexibility index (Phi) is 9.44. The highest BCUT2D eigenvalue weighted by molar-refractivity contribution is 5.79. The molecule has 0 saturated carbocycles. The normalized spacial score (nSPS) is 18.6. The van der Waals surface area contributed by atoms with Crippen LogP contribution in [-0.4, -0.2) is 56.7 Å². The predicted octanol–water partition coefficient (Wildman–Crippen LogP) is 2.47. The molecule has 1 aliphatic heterocycles. The third-order valence-electron chi connectivity index (χ3n) is 4.34. The van der Waals surface area contributed by atoms with Gasteiger partial charge in [0.15, 0.2) is 5.96 Å². The number of rotatable bonds is 11. The quantitative estimate of drug-likeness (QED) is 0.365. The molecular weight excluding hydrogens is 316 g/mol. The first kappa shape index (κ1) is 19.8. The van der Waals surface area contributed by atoms with Crippen molar-refractivity contribution in [1.29, 1.82) is 0 Å². The van der Waals surface area contributed by atoms with Crippen molar-refractivity contribution in [2.24, 2.45) is 10.9 Å². The Bertz CT molecular complexity index is 476. The minimum atomic E-state index is 0.539. The van der Waals surface area contributed by atoms with Crippen LogP contribution in [0, 0.1) is 5.92 Å². The van der Waals surface area contributed by atoms with Crippen LogP contribution in [-0.2, 0) is 11.3 Å². The van der Waals surface area contributed by atoms with E-state index in [-0.39, 0.29) is 0 Å². The Morgan fingerprint density at radius 1 is 1.40 bits per heavy atom. The second-order valence-electron chi connectivity index (χ2n) is 6.59. The highest BCUT2D eigenvalue weighted by Crippen LogP contribution is 2.16. The molecule has 2 N–H and O–H groups in total. The fourth-order valence-electron chi connectivity index (χ4n) is 3.09. The molecule has 0 aliphatic carbocycles. The first-order valence-corrected chi connectivity index (χ1v) is 9.66. The molecule has 1 unspecified atom stereocenters. The van der Waals surface area contributed by atoms with Gasteiger partial charge in [0.25, 0.3) is 0 Å². The zero-order valence-corrected chi connectivity index (χ0v) is 15.8. The number of ether oxygens (including phenoxy) is 1. The SMILES string of the molecule is CCCN1CCC(CN=C(NCC)NCCCOCc2ccco2)C1. The Morgan fingerprint density at radius 2 is 2.32 bits per heavy atom. The Morgan fingerprint density at radius 3 is 3.08 bits per heavy atom. The van der Waals surface area contributed by atoms with Gasteiger partial charge >= 0.3 is 0 Å². The van der Waals surface area contributed by atoms with Crippen molar-refractivity contribution in [2.45, 2.75) is 39.7 Å². The monoisotopic (exact) mass is 350 g/mol. The lowest BCUT2D eigenvalue weighted by atomic mass is 10.1. The van der Waals surface area contributed by atoms with Gasteiger partial charge in [-0.15, -0.1) is 0 Å². The third-order valence-corrected chi connectivity index (χ3v) is 4.34. The number of hydrogen-bond acceptors (Lipinski definition) is 4. The van der Waals surface area contributed by atoms with Crippen LogP contribution in [0.1, 0.15) is 38.9 Å². The van der Waals surface area contributed by atoms with Crippen LogP contribution in [0.3, 0.4) is 0 Å². The number of hydrogen-bond donors (Lipinski definition) is 2. The first-order chi connectivity index (χ1) is 12.3. The summed E-state index contributed by atoms with van der Waals surface area (Å²) in [6.07, 6.45) is 5.12. The predicted molar refractivity (Wildman–Crippen MR) is 102 cm³/mol. The maximum absolute atomic E-state index is 5.60. The van der Waals surface area contributed by atoms with E-state index in [2.05, 4.69) is 29.4 Å². The van der Waals surface area contributed by atoms with Crippen LogP contribution in [0.15, 0.2) is 27.8 Å². The zero-order chi connectivity index (χ0) is 17.7. The molecule has 0 amide bonds. The smallest absolute Gasteiger partial charge is 0.191 e. The lowest BCUT2D eigenvalue weighted by molar-refractivity contribution is 0.105. The maximum Gasteiger partial charge on any atom is 0.191 e. The van der Waals surface area contributed by atoms with E-state index >= 15 is 0 Å². The number of aliphatic imine (C=N–C) groups is 1. The summed E-state index contributed by atoms with van der Waals surface area (Å²) in [5.41, 5.74) is 0. The van der Waals surface area contributed by atoms with Crippen molar-refractivity contribution in [2.75, 3.05) is 45.9 Å². The lowest BCUT2D eigenvalue weighted by Gasteiger charge is -2.15. The van der Waals surface area contributed by atoms with E-state index in [0.29, 0.717) is 19.1 Å². The van der Waals surface area contributed by atoms with Gasteiger partial charge in [0.1, 0.15) is 12.4 Å². The lowest BCUT2D eigenvalue weighted by Crippen LogP contribution is -2.38. The summed E-state index contributed by atoms with van der Waals surface area (Å²) >= 11 is 0. The van der Waals surface area contributed by atoms with Gasteiger partial charge in [-0.25, -0.2) is 0 Å². The van der Waals surface area contributed by atoms with E-state index in [9.17, 15) is 0 Å². The summed E-state index contributed by atoms with van der Waals surface area (Å²) in [6, 6.07) is 3.81. The fourth-order valence-corrected chi connectivity index (χ4v) is 3.09. The molecule has 2 heterocycles. The van der Waals surface area contributed by atoms with Crippen molar-refractivity contribution >= 4 is 5.96 Å². The molecule has 1 fully saturated rings. The number of nitrogens with zero attached hydrogens (tertiary/aromatic N) is 2. The zero-order valence-electron chi connectivity index (χ0n) is 15.8. The topological polar surface area (TPSA) is 62.0 Å². The maximum atomic E-state index is 5.60.